The van der Waals surface area contributed by atoms with Crippen LogP contribution in [0.2, 0.25) is 0 Å². The van der Waals surface area contributed by atoms with E-state index in [1.807, 2.05) is 27.7 Å². The molecule has 1 amide bonds. The number of nitrogens with one attached hydrogen (secondary N) is 2. The van der Waals surface area contributed by atoms with E-state index in [0.29, 0.717) is 40.2 Å². The number of hydrogen-bond acceptors (Lipinski definition) is 8. The molecular formula is C32H33F2N9O. The number of carbonyl (C=O) groups excluding carboxylic acids is 1. The molecule has 44 heavy (non-hydrogen) atoms. The van der Waals surface area contributed by atoms with Crippen LogP contribution < -0.4 is 21.5 Å². The van der Waals surface area contributed by atoms with Gasteiger partial charge in [-0.05, 0) is 85.4 Å². The molecule has 0 spiro atoms. The quantitative estimate of drug-likeness (QED) is 0.270. The highest BCUT2D eigenvalue weighted by molar-refractivity contribution is 5.87. The average molecular weight is 598 g/mol. The molecule has 4 N–H and O–H groups in total. The number of aryl methyl sites for hydroxylation is 1. The highest BCUT2D eigenvalue weighted by atomic mass is 19.3. The third-order valence-electron chi connectivity index (χ3n) is 8.70. The van der Waals surface area contributed by atoms with E-state index in [1.165, 1.54) is 28.3 Å². The second-order valence-corrected chi connectivity index (χ2v) is 11.4. The number of nitrogens with two attached hydrogens (primary N) is 1. The second-order valence-electron chi connectivity index (χ2n) is 11.4. The molecule has 226 valence electrons. The zero-order valence-corrected chi connectivity index (χ0v) is 24.0. The summed E-state index contributed by atoms with van der Waals surface area (Å²) in [7, 11) is 0. The van der Waals surface area contributed by atoms with Gasteiger partial charge in [-0.15, -0.1) is 0 Å². The van der Waals surface area contributed by atoms with Crippen molar-refractivity contribution in [3.8, 4) is 17.1 Å². The standard InChI is InChI=1S/C32H33F2N9O/c1-2-28(44)41-15-11-20(12-16-41)37-24-8-5-19-18-21(6-7-22(19)24)43-31(23-4-3-14-36-30(23)35)38-26-9-10-27(39-32(26)43)42-17-13-25(40-42)29(33)34/h2-4,6-7,9-10,13-14,17-18,20,24-25,29,37,40H,1,5,8,11-12,15-16H2,(H2,35,36). The Morgan fingerprint density at radius 2 is 1.98 bits per heavy atom. The molecule has 1 saturated heterocycles. The van der Waals surface area contributed by atoms with E-state index in [0.717, 1.165) is 44.5 Å². The number of rotatable bonds is 7. The number of benzene rings is 1. The van der Waals surface area contributed by atoms with Gasteiger partial charge in [0.1, 0.15) is 23.2 Å². The van der Waals surface area contributed by atoms with Crippen molar-refractivity contribution in [2.75, 3.05) is 23.8 Å². The van der Waals surface area contributed by atoms with Gasteiger partial charge in [-0.3, -0.25) is 14.4 Å². The van der Waals surface area contributed by atoms with Gasteiger partial charge < -0.3 is 16.0 Å². The SMILES string of the molecule is C=CC(=O)N1CCC(NC2CCc3cc(-n4c(-c5cccnc5N)nc5ccc(N6C=CC(C(F)F)N6)nc54)ccc32)CC1. The Morgan fingerprint density at radius 1 is 1.14 bits per heavy atom. The van der Waals surface area contributed by atoms with Gasteiger partial charge in [0.15, 0.2) is 11.5 Å². The Morgan fingerprint density at radius 3 is 2.73 bits per heavy atom. The fraction of sp³-hybridized carbons (Fsp3) is 0.312. The van der Waals surface area contributed by atoms with E-state index in [9.17, 15) is 13.6 Å². The van der Waals surface area contributed by atoms with Crippen LogP contribution in [0.15, 0.2) is 73.6 Å². The fourth-order valence-corrected chi connectivity index (χ4v) is 6.42. The third-order valence-corrected chi connectivity index (χ3v) is 8.70. The molecule has 10 nitrogen and oxygen atoms in total. The fourth-order valence-electron chi connectivity index (χ4n) is 6.42. The van der Waals surface area contributed by atoms with Crippen molar-refractivity contribution >= 4 is 28.7 Å². The topological polar surface area (TPSA) is 117 Å². The van der Waals surface area contributed by atoms with Gasteiger partial charge in [0, 0.05) is 43.3 Å². The maximum Gasteiger partial charge on any atom is 0.259 e. The van der Waals surface area contributed by atoms with Crippen LogP contribution in [0.5, 0.6) is 0 Å². The van der Waals surface area contributed by atoms with Crippen molar-refractivity contribution in [1.82, 2.24) is 35.2 Å². The van der Waals surface area contributed by atoms with Crippen molar-refractivity contribution in [3.05, 3.63) is 84.7 Å². The minimum Gasteiger partial charge on any atom is -0.383 e. The minimum atomic E-state index is -2.54. The number of alkyl halides is 2. The summed E-state index contributed by atoms with van der Waals surface area (Å²) in [5.74, 6) is 1.40. The number of fused-ring (bicyclic) bond motifs is 2. The Bertz CT molecular complexity index is 1760. The van der Waals surface area contributed by atoms with Crippen molar-refractivity contribution in [1.29, 1.82) is 0 Å². The first-order chi connectivity index (χ1) is 21.4. The average Bonchev–Trinajstić information content (AvgIpc) is 3.78. The van der Waals surface area contributed by atoms with E-state index >= 15 is 0 Å². The minimum absolute atomic E-state index is 0.00579. The number of hydrazine groups is 1. The zero-order valence-electron chi connectivity index (χ0n) is 24.0. The van der Waals surface area contributed by atoms with E-state index in [2.05, 4.69) is 40.5 Å². The van der Waals surface area contributed by atoms with E-state index < -0.39 is 12.5 Å². The number of nitrogens with zero attached hydrogens (tertiary/aromatic N) is 6. The number of carbonyl (C=O) groups is 1. The van der Waals surface area contributed by atoms with Gasteiger partial charge in [0.2, 0.25) is 5.91 Å². The number of anilines is 2. The van der Waals surface area contributed by atoms with Crippen LogP contribution >= 0.6 is 0 Å². The summed E-state index contributed by atoms with van der Waals surface area (Å²) in [6.07, 6.45) is 7.19. The molecule has 1 aliphatic carbocycles. The molecule has 0 bridgehead atoms. The van der Waals surface area contributed by atoms with Crippen LogP contribution in [-0.2, 0) is 11.2 Å². The van der Waals surface area contributed by atoms with Gasteiger partial charge in [-0.2, -0.15) is 0 Å². The van der Waals surface area contributed by atoms with Crippen LogP contribution in [0.1, 0.15) is 36.4 Å². The summed E-state index contributed by atoms with van der Waals surface area (Å²) in [6.45, 7) is 5.07. The molecule has 3 aliphatic rings. The molecule has 0 radical (unpaired) electrons. The third kappa shape index (κ3) is 5.09. The first-order valence-electron chi connectivity index (χ1n) is 14.8. The van der Waals surface area contributed by atoms with E-state index in [4.69, 9.17) is 15.7 Å². The largest absolute Gasteiger partial charge is 0.383 e. The molecule has 0 saturated carbocycles. The lowest BCUT2D eigenvalue weighted by atomic mass is 10.0. The van der Waals surface area contributed by atoms with Gasteiger partial charge in [0.25, 0.3) is 6.43 Å². The van der Waals surface area contributed by atoms with Crippen LogP contribution in [0.25, 0.3) is 28.2 Å². The number of likely N-dealkylation sites (tertiary alicyclic amines) is 1. The molecule has 1 aromatic carbocycles. The highest BCUT2D eigenvalue weighted by Crippen LogP contribution is 2.37. The monoisotopic (exact) mass is 597 g/mol. The molecule has 2 atom stereocenters. The number of nitrogen functional groups attached to an aromatic ring is 1. The number of halogens is 2. The summed E-state index contributed by atoms with van der Waals surface area (Å²) in [5, 5.41) is 5.34. The van der Waals surface area contributed by atoms with Crippen molar-refractivity contribution < 1.29 is 13.6 Å². The van der Waals surface area contributed by atoms with Crippen LogP contribution in [-0.4, -0.2) is 61.9 Å². The smallest absolute Gasteiger partial charge is 0.259 e. The number of hydrogen-bond donors (Lipinski definition) is 3. The molecule has 2 aliphatic heterocycles. The number of pyridine rings is 2. The molecule has 1 fully saturated rings. The Kier molecular flexibility index (Phi) is 7.31. The highest BCUT2D eigenvalue weighted by Gasteiger charge is 2.29. The van der Waals surface area contributed by atoms with Crippen LogP contribution in [0.3, 0.4) is 0 Å². The van der Waals surface area contributed by atoms with Crippen molar-refractivity contribution in [2.24, 2.45) is 0 Å². The number of amides is 1. The first kappa shape index (κ1) is 28.1. The summed E-state index contributed by atoms with van der Waals surface area (Å²) in [5.41, 5.74) is 14.4. The van der Waals surface area contributed by atoms with Gasteiger partial charge in [0.05, 0.1) is 5.56 Å². The summed E-state index contributed by atoms with van der Waals surface area (Å²) in [6, 6.07) is 13.2. The molecule has 7 rings (SSSR count). The van der Waals surface area contributed by atoms with Crippen molar-refractivity contribution in [2.45, 2.75) is 50.2 Å². The second kappa shape index (κ2) is 11.4. The normalized spacial score (nSPS) is 20.2. The lowest BCUT2D eigenvalue weighted by Gasteiger charge is -2.33. The maximum atomic E-state index is 13.3. The van der Waals surface area contributed by atoms with Gasteiger partial charge in [-0.1, -0.05) is 12.6 Å². The molecule has 12 heteroatoms. The van der Waals surface area contributed by atoms with E-state index in [-0.39, 0.29) is 11.9 Å². The summed E-state index contributed by atoms with van der Waals surface area (Å²) < 4.78 is 28.6. The summed E-state index contributed by atoms with van der Waals surface area (Å²) >= 11 is 0. The predicted molar refractivity (Wildman–Crippen MR) is 165 cm³/mol. The van der Waals surface area contributed by atoms with Gasteiger partial charge >= 0.3 is 0 Å². The number of imidazole rings is 1. The Labute approximate surface area is 253 Å². The predicted octanol–water partition coefficient (Wildman–Crippen LogP) is 4.29. The molecule has 5 heterocycles. The lowest BCUT2D eigenvalue weighted by molar-refractivity contribution is -0.127. The van der Waals surface area contributed by atoms with Crippen molar-refractivity contribution in [3.63, 3.8) is 0 Å². The zero-order chi connectivity index (χ0) is 30.4. The van der Waals surface area contributed by atoms with E-state index in [1.54, 1.807) is 18.5 Å². The Hall–Kier alpha value is -4.68. The molecule has 2 unspecified atom stereocenters. The molecule has 4 aromatic rings. The number of aromatic nitrogens is 4. The first-order valence-corrected chi connectivity index (χ1v) is 14.8. The van der Waals surface area contributed by atoms with Gasteiger partial charge in [-0.25, -0.2) is 29.2 Å². The molecule has 3 aromatic heterocycles. The molecular weight excluding hydrogens is 564 g/mol. The lowest BCUT2D eigenvalue weighted by Crippen LogP contribution is -2.45. The van der Waals surface area contributed by atoms with Crippen LogP contribution in [0.4, 0.5) is 20.4 Å². The summed E-state index contributed by atoms with van der Waals surface area (Å²) in [4.78, 5) is 27.9. The Balaban J connectivity index is 1.22. The maximum absolute atomic E-state index is 13.3. The van der Waals surface area contributed by atoms with Crippen LogP contribution in [0, 0.1) is 0 Å². The number of piperidine rings is 1.